The van der Waals surface area contributed by atoms with E-state index in [1.807, 2.05) is 19.9 Å². The molecule has 116 valence electrons. The van der Waals surface area contributed by atoms with Gasteiger partial charge in [-0.25, -0.2) is 0 Å². The van der Waals surface area contributed by atoms with Crippen molar-refractivity contribution in [2.75, 3.05) is 12.3 Å². The Hall–Kier alpha value is -1.55. The summed E-state index contributed by atoms with van der Waals surface area (Å²) in [6.07, 6.45) is 3.74. The summed E-state index contributed by atoms with van der Waals surface area (Å²) in [5.74, 6) is 0.529. The SMILES string of the molecule is Cc1cc(C)c(C(=O)NC2(CO)CCC(C)CC2)cc1N. The van der Waals surface area contributed by atoms with Gasteiger partial charge in [0, 0.05) is 11.3 Å². The van der Waals surface area contributed by atoms with Crippen LogP contribution in [0, 0.1) is 19.8 Å². The first-order chi connectivity index (χ1) is 9.87. The number of hydrogen-bond acceptors (Lipinski definition) is 3. The molecule has 4 nitrogen and oxygen atoms in total. The Morgan fingerprint density at radius 2 is 1.95 bits per heavy atom. The van der Waals surface area contributed by atoms with E-state index in [9.17, 15) is 9.90 Å². The molecular weight excluding hydrogens is 264 g/mol. The first-order valence-corrected chi connectivity index (χ1v) is 7.67. The van der Waals surface area contributed by atoms with E-state index in [2.05, 4.69) is 12.2 Å². The molecule has 1 aliphatic carbocycles. The third-order valence-corrected chi connectivity index (χ3v) is 4.77. The van der Waals surface area contributed by atoms with Crippen molar-refractivity contribution in [2.24, 2.45) is 5.92 Å². The minimum absolute atomic E-state index is 0.00808. The van der Waals surface area contributed by atoms with E-state index in [1.165, 1.54) is 0 Å². The van der Waals surface area contributed by atoms with Gasteiger partial charge in [-0.1, -0.05) is 13.0 Å². The number of nitrogens with two attached hydrogens (primary N) is 1. The van der Waals surface area contributed by atoms with Crippen LogP contribution in [0.1, 0.15) is 54.1 Å². The van der Waals surface area contributed by atoms with E-state index < -0.39 is 5.54 Å². The molecule has 0 aromatic heterocycles. The van der Waals surface area contributed by atoms with Gasteiger partial charge in [-0.3, -0.25) is 4.79 Å². The predicted molar refractivity (Wildman–Crippen MR) is 85.2 cm³/mol. The van der Waals surface area contributed by atoms with Crippen molar-refractivity contribution in [2.45, 2.75) is 52.0 Å². The van der Waals surface area contributed by atoms with Gasteiger partial charge in [0.1, 0.15) is 0 Å². The van der Waals surface area contributed by atoms with Crippen molar-refractivity contribution in [1.82, 2.24) is 5.32 Å². The normalized spacial score (nSPS) is 25.6. The van der Waals surface area contributed by atoms with Gasteiger partial charge in [0.2, 0.25) is 0 Å². The van der Waals surface area contributed by atoms with Crippen molar-refractivity contribution in [3.63, 3.8) is 0 Å². The molecule has 0 bridgehead atoms. The number of anilines is 1. The average molecular weight is 290 g/mol. The van der Waals surface area contributed by atoms with Gasteiger partial charge in [0.05, 0.1) is 12.1 Å². The molecule has 0 unspecified atom stereocenters. The number of carbonyl (C=O) groups excluding carboxylic acids is 1. The van der Waals surface area contributed by atoms with Gasteiger partial charge >= 0.3 is 0 Å². The van der Waals surface area contributed by atoms with Crippen LogP contribution < -0.4 is 11.1 Å². The van der Waals surface area contributed by atoms with Gasteiger partial charge in [-0.05, 0) is 62.6 Å². The largest absolute Gasteiger partial charge is 0.398 e. The molecule has 1 amide bonds. The van der Waals surface area contributed by atoms with E-state index in [1.54, 1.807) is 6.07 Å². The Kier molecular flexibility index (Phi) is 4.57. The zero-order chi connectivity index (χ0) is 15.6. The highest BCUT2D eigenvalue weighted by atomic mass is 16.3. The summed E-state index contributed by atoms with van der Waals surface area (Å²) in [7, 11) is 0. The summed E-state index contributed by atoms with van der Waals surface area (Å²) in [5.41, 5.74) is 8.56. The lowest BCUT2D eigenvalue weighted by molar-refractivity contribution is 0.0716. The Morgan fingerprint density at radius 1 is 1.33 bits per heavy atom. The number of carbonyl (C=O) groups is 1. The maximum Gasteiger partial charge on any atom is 0.252 e. The third-order valence-electron chi connectivity index (χ3n) is 4.77. The van der Waals surface area contributed by atoms with Crippen LogP contribution in [0.4, 0.5) is 5.69 Å². The van der Waals surface area contributed by atoms with Crippen LogP contribution in [0.2, 0.25) is 0 Å². The summed E-state index contributed by atoms with van der Waals surface area (Å²) < 4.78 is 0. The Morgan fingerprint density at radius 3 is 2.52 bits per heavy atom. The second-order valence-corrected chi connectivity index (χ2v) is 6.60. The molecule has 1 aliphatic rings. The van der Waals surface area contributed by atoms with E-state index in [4.69, 9.17) is 5.73 Å². The first-order valence-electron chi connectivity index (χ1n) is 7.67. The lowest BCUT2D eigenvalue weighted by atomic mass is 9.77. The van der Waals surface area contributed by atoms with Crippen molar-refractivity contribution in [3.8, 4) is 0 Å². The molecule has 0 aliphatic heterocycles. The molecule has 0 saturated heterocycles. The Bertz CT molecular complexity index is 532. The third kappa shape index (κ3) is 3.38. The van der Waals surface area contributed by atoms with Crippen molar-refractivity contribution < 1.29 is 9.90 Å². The summed E-state index contributed by atoms with van der Waals surface area (Å²) >= 11 is 0. The molecule has 21 heavy (non-hydrogen) atoms. The summed E-state index contributed by atoms with van der Waals surface area (Å²) in [4.78, 5) is 12.6. The molecule has 0 spiro atoms. The highest BCUT2D eigenvalue weighted by Crippen LogP contribution is 2.32. The van der Waals surface area contributed by atoms with Gasteiger partial charge in [-0.2, -0.15) is 0 Å². The van der Waals surface area contributed by atoms with E-state index in [-0.39, 0.29) is 12.5 Å². The standard InChI is InChI=1S/C17H26N2O2/c1-11-4-6-17(10-20,7-5-11)19-16(21)14-9-15(18)13(3)8-12(14)2/h8-9,11,20H,4-7,10,18H2,1-3H3,(H,19,21). The number of nitrogens with one attached hydrogen (secondary N) is 1. The second-order valence-electron chi connectivity index (χ2n) is 6.60. The minimum Gasteiger partial charge on any atom is -0.398 e. The van der Waals surface area contributed by atoms with E-state index >= 15 is 0 Å². The van der Waals surface area contributed by atoms with Gasteiger partial charge in [-0.15, -0.1) is 0 Å². The summed E-state index contributed by atoms with van der Waals surface area (Å²) in [6.45, 7) is 6.05. The minimum atomic E-state index is -0.477. The fourth-order valence-corrected chi connectivity index (χ4v) is 3.06. The van der Waals surface area contributed by atoms with Gasteiger partial charge in [0.25, 0.3) is 5.91 Å². The van der Waals surface area contributed by atoms with Crippen molar-refractivity contribution >= 4 is 11.6 Å². The fourth-order valence-electron chi connectivity index (χ4n) is 3.06. The van der Waals surface area contributed by atoms with Crippen LogP contribution in [-0.4, -0.2) is 23.2 Å². The summed E-state index contributed by atoms with van der Waals surface area (Å²) in [5, 5.41) is 12.8. The number of rotatable bonds is 3. The van der Waals surface area contributed by atoms with Crippen molar-refractivity contribution in [3.05, 3.63) is 28.8 Å². The highest BCUT2D eigenvalue weighted by Gasteiger charge is 2.35. The van der Waals surface area contributed by atoms with Crippen LogP contribution in [0.25, 0.3) is 0 Å². The molecule has 1 saturated carbocycles. The molecule has 1 aromatic carbocycles. The van der Waals surface area contributed by atoms with Crippen LogP contribution >= 0.6 is 0 Å². The number of benzene rings is 1. The quantitative estimate of drug-likeness (QED) is 0.749. The maximum atomic E-state index is 12.6. The van der Waals surface area contributed by atoms with Crippen molar-refractivity contribution in [1.29, 1.82) is 0 Å². The second kappa shape index (κ2) is 6.06. The molecule has 1 fully saturated rings. The molecule has 0 atom stereocenters. The topological polar surface area (TPSA) is 75.3 Å². The van der Waals surface area contributed by atoms with Crippen LogP contribution in [0.3, 0.4) is 0 Å². The van der Waals surface area contributed by atoms with Crippen LogP contribution in [0.5, 0.6) is 0 Å². The molecule has 2 rings (SSSR count). The summed E-state index contributed by atoms with van der Waals surface area (Å²) in [6, 6.07) is 3.66. The molecule has 1 aromatic rings. The number of nitrogen functional groups attached to an aromatic ring is 1. The lowest BCUT2D eigenvalue weighted by Crippen LogP contribution is -2.53. The maximum absolute atomic E-state index is 12.6. The molecule has 4 N–H and O–H groups in total. The highest BCUT2D eigenvalue weighted by molar-refractivity contribution is 5.97. The molecule has 0 heterocycles. The molecule has 4 heteroatoms. The predicted octanol–water partition coefficient (Wildman–Crippen LogP) is 2.56. The smallest absolute Gasteiger partial charge is 0.252 e. The monoisotopic (exact) mass is 290 g/mol. The number of amides is 1. The molecular formula is C17H26N2O2. The van der Waals surface area contributed by atoms with Gasteiger partial charge < -0.3 is 16.2 Å². The average Bonchev–Trinajstić information content (AvgIpc) is 2.45. The number of aliphatic hydroxyl groups is 1. The zero-order valence-electron chi connectivity index (χ0n) is 13.2. The Balaban J connectivity index is 2.19. The lowest BCUT2D eigenvalue weighted by Gasteiger charge is -2.38. The number of aryl methyl sites for hydroxylation is 2. The molecule has 0 radical (unpaired) electrons. The number of aliphatic hydroxyl groups excluding tert-OH is 1. The fraction of sp³-hybridized carbons (Fsp3) is 0.588. The van der Waals surface area contributed by atoms with Crippen LogP contribution in [-0.2, 0) is 0 Å². The first kappa shape index (κ1) is 15.8. The number of hydrogen-bond donors (Lipinski definition) is 3. The van der Waals surface area contributed by atoms with E-state index in [0.717, 1.165) is 36.8 Å². The van der Waals surface area contributed by atoms with E-state index in [0.29, 0.717) is 17.2 Å². The zero-order valence-corrected chi connectivity index (χ0v) is 13.2. The van der Waals surface area contributed by atoms with Gasteiger partial charge in [0.15, 0.2) is 0 Å². The van der Waals surface area contributed by atoms with Crippen LogP contribution in [0.15, 0.2) is 12.1 Å². The Labute approximate surface area is 126 Å².